The van der Waals surface area contributed by atoms with E-state index in [1.807, 2.05) is 19.9 Å². The van der Waals surface area contributed by atoms with E-state index in [0.717, 1.165) is 11.1 Å². The molecule has 0 saturated carbocycles. The molecule has 0 radical (unpaired) electrons. The molecule has 0 N–H and O–H groups in total. The van der Waals surface area contributed by atoms with Gasteiger partial charge in [0.05, 0.1) is 5.56 Å². The monoisotopic (exact) mass is 306 g/mol. The van der Waals surface area contributed by atoms with Crippen LogP contribution in [0, 0.1) is 19.7 Å². The maximum atomic E-state index is 13.7. The van der Waals surface area contributed by atoms with Crippen LogP contribution in [0.5, 0.6) is 0 Å². The van der Waals surface area contributed by atoms with Crippen molar-refractivity contribution in [3.63, 3.8) is 0 Å². The second kappa shape index (κ2) is 5.02. The van der Waals surface area contributed by atoms with E-state index in [2.05, 4.69) is 15.9 Å². The first-order valence-electron chi connectivity index (χ1n) is 5.56. The highest BCUT2D eigenvalue weighted by atomic mass is 79.9. The summed E-state index contributed by atoms with van der Waals surface area (Å²) in [5.74, 6) is -0.810. The van der Waals surface area contributed by atoms with Crippen LogP contribution in [0.25, 0.3) is 0 Å². The fourth-order valence-electron chi connectivity index (χ4n) is 1.74. The Morgan fingerprint density at radius 1 is 1.11 bits per heavy atom. The number of hydrogen-bond donors (Lipinski definition) is 0. The van der Waals surface area contributed by atoms with E-state index < -0.39 is 5.82 Å². The van der Waals surface area contributed by atoms with E-state index in [0.29, 0.717) is 10.0 Å². The Bertz CT molecular complexity index is 600. The number of rotatable bonds is 2. The van der Waals surface area contributed by atoms with Gasteiger partial charge in [0.15, 0.2) is 5.78 Å². The van der Waals surface area contributed by atoms with Gasteiger partial charge in [-0.3, -0.25) is 4.79 Å². The molecule has 0 aliphatic rings. The molecule has 0 unspecified atom stereocenters. The van der Waals surface area contributed by atoms with Crippen LogP contribution in [-0.4, -0.2) is 5.78 Å². The van der Waals surface area contributed by atoms with Gasteiger partial charge in [-0.2, -0.15) is 0 Å². The van der Waals surface area contributed by atoms with Crippen molar-refractivity contribution in [2.45, 2.75) is 13.8 Å². The van der Waals surface area contributed by atoms with Crippen LogP contribution < -0.4 is 0 Å². The van der Waals surface area contributed by atoms with Gasteiger partial charge in [0.25, 0.3) is 0 Å². The first kappa shape index (κ1) is 13.0. The van der Waals surface area contributed by atoms with E-state index in [1.165, 1.54) is 6.07 Å². The van der Waals surface area contributed by atoms with E-state index in [4.69, 9.17) is 0 Å². The third-order valence-electron chi connectivity index (χ3n) is 2.96. The van der Waals surface area contributed by atoms with Gasteiger partial charge in [-0.1, -0.05) is 18.2 Å². The Hall–Kier alpha value is -1.48. The van der Waals surface area contributed by atoms with Crippen molar-refractivity contribution in [2.24, 2.45) is 0 Å². The van der Waals surface area contributed by atoms with Gasteiger partial charge in [0, 0.05) is 10.0 Å². The van der Waals surface area contributed by atoms with Crippen LogP contribution in [-0.2, 0) is 0 Å². The minimum Gasteiger partial charge on any atom is -0.288 e. The molecule has 0 aromatic heterocycles. The molecule has 0 aliphatic carbocycles. The predicted octanol–water partition coefficient (Wildman–Crippen LogP) is 4.44. The van der Waals surface area contributed by atoms with Gasteiger partial charge < -0.3 is 0 Å². The Morgan fingerprint density at radius 2 is 1.83 bits per heavy atom. The number of benzene rings is 2. The molecular formula is C15H12BrFO. The van der Waals surface area contributed by atoms with Crippen LogP contribution in [0.15, 0.2) is 40.9 Å². The van der Waals surface area contributed by atoms with E-state index in [-0.39, 0.29) is 11.3 Å². The molecule has 92 valence electrons. The molecule has 0 aliphatic heterocycles. The quantitative estimate of drug-likeness (QED) is 0.750. The summed E-state index contributed by atoms with van der Waals surface area (Å²) in [5.41, 5.74) is 2.72. The Morgan fingerprint density at radius 3 is 2.44 bits per heavy atom. The Labute approximate surface area is 114 Å². The van der Waals surface area contributed by atoms with Crippen molar-refractivity contribution < 1.29 is 9.18 Å². The molecule has 1 nitrogen and oxygen atoms in total. The summed E-state index contributed by atoms with van der Waals surface area (Å²) in [6.07, 6.45) is 0. The lowest BCUT2D eigenvalue weighted by Crippen LogP contribution is -2.06. The number of carbonyl (C=O) groups excluding carboxylic acids is 1. The lowest BCUT2D eigenvalue weighted by Gasteiger charge is -2.07. The van der Waals surface area contributed by atoms with Gasteiger partial charge in [0.2, 0.25) is 0 Å². The zero-order valence-electron chi connectivity index (χ0n) is 10.1. The highest BCUT2D eigenvalue weighted by Gasteiger charge is 2.17. The lowest BCUT2D eigenvalue weighted by atomic mass is 9.99. The molecule has 0 amide bonds. The fraction of sp³-hybridized carbons (Fsp3) is 0.133. The van der Waals surface area contributed by atoms with E-state index in [9.17, 15) is 9.18 Å². The maximum absolute atomic E-state index is 13.7. The molecule has 0 fully saturated rings. The summed E-state index contributed by atoms with van der Waals surface area (Å²) in [5, 5.41) is 0. The zero-order valence-corrected chi connectivity index (χ0v) is 11.7. The van der Waals surface area contributed by atoms with Crippen LogP contribution in [0.2, 0.25) is 0 Å². The normalized spacial score (nSPS) is 10.4. The number of ketones is 1. The number of halogens is 2. The third kappa shape index (κ3) is 2.36. The smallest absolute Gasteiger partial charge is 0.197 e. The molecule has 0 spiro atoms. The van der Waals surface area contributed by atoms with Gasteiger partial charge in [-0.15, -0.1) is 0 Å². The summed E-state index contributed by atoms with van der Waals surface area (Å²) in [6.45, 7) is 3.91. The topological polar surface area (TPSA) is 17.1 Å². The molecular weight excluding hydrogens is 295 g/mol. The van der Waals surface area contributed by atoms with E-state index in [1.54, 1.807) is 24.3 Å². The second-order valence-electron chi connectivity index (χ2n) is 4.22. The fourth-order valence-corrected chi connectivity index (χ4v) is 2.26. The van der Waals surface area contributed by atoms with Crippen molar-refractivity contribution in [1.82, 2.24) is 0 Å². The molecule has 2 aromatic carbocycles. The van der Waals surface area contributed by atoms with Crippen LogP contribution in [0.4, 0.5) is 4.39 Å². The summed E-state index contributed by atoms with van der Waals surface area (Å²) in [7, 11) is 0. The van der Waals surface area contributed by atoms with Gasteiger partial charge in [-0.05, 0) is 59.1 Å². The number of carbonyl (C=O) groups is 1. The number of aryl methyl sites for hydroxylation is 2. The highest BCUT2D eigenvalue weighted by Crippen LogP contribution is 2.23. The molecule has 18 heavy (non-hydrogen) atoms. The SMILES string of the molecule is Cc1ccc(C(=O)c2c(F)cccc2Br)cc1C. The molecule has 2 aromatic rings. The standard InChI is InChI=1S/C15H12BrFO/c1-9-6-7-11(8-10(9)2)15(18)14-12(16)4-3-5-13(14)17/h3-8H,1-2H3. The summed E-state index contributed by atoms with van der Waals surface area (Å²) < 4.78 is 14.2. The van der Waals surface area contributed by atoms with Gasteiger partial charge in [0.1, 0.15) is 5.82 Å². The van der Waals surface area contributed by atoms with Crippen molar-refractivity contribution in [2.75, 3.05) is 0 Å². The lowest BCUT2D eigenvalue weighted by molar-refractivity contribution is 0.103. The average molecular weight is 307 g/mol. The minimum atomic E-state index is -0.507. The molecule has 0 atom stereocenters. The van der Waals surface area contributed by atoms with Crippen LogP contribution in [0.1, 0.15) is 27.0 Å². The third-order valence-corrected chi connectivity index (χ3v) is 3.62. The van der Waals surface area contributed by atoms with Crippen molar-refractivity contribution in [3.05, 3.63) is 68.9 Å². The largest absolute Gasteiger partial charge is 0.288 e. The first-order chi connectivity index (χ1) is 8.50. The molecule has 0 saturated heterocycles. The van der Waals surface area contributed by atoms with Crippen molar-refractivity contribution >= 4 is 21.7 Å². The first-order valence-corrected chi connectivity index (χ1v) is 6.36. The van der Waals surface area contributed by atoms with E-state index >= 15 is 0 Å². The zero-order chi connectivity index (χ0) is 13.3. The van der Waals surface area contributed by atoms with Crippen molar-refractivity contribution in [3.8, 4) is 0 Å². The Kier molecular flexibility index (Phi) is 3.62. The average Bonchev–Trinajstić information content (AvgIpc) is 2.32. The van der Waals surface area contributed by atoms with Crippen molar-refractivity contribution in [1.29, 1.82) is 0 Å². The van der Waals surface area contributed by atoms with Crippen LogP contribution >= 0.6 is 15.9 Å². The number of hydrogen-bond acceptors (Lipinski definition) is 1. The summed E-state index contributed by atoms with van der Waals surface area (Å²) in [4.78, 5) is 12.3. The summed E-state index contributed by atoms with van der Waals surface area (Å²) >= 11 is 3.22. The Balaban J connectivity index is 2.51. The minimum absolute atomic E-state index is 0.0840. The van der Waals surface area contributed by atoms with Gasteiger partial charge >= 0.3 is 0 Å². The highest BCUT2D eigenvalue weighted by molar-refractivity contribution is 9.10. The van der Waals surface area contributed by atoms with Crippen LogP contribution in [0.3, 0.4) is 0 Å². The molecule has 0 heterocycles. The summed E-state index contributed by atoms with van der Waals surface area (Å²) in [6, 6.07) is 9.91. The second-order valence-corrected chi connectivity index (χ2v) is 5.08. The predicted molar refractivity (Wildman–Crippen MR) is 73.4 cm³/mol. The van der Waals surface area contributed by atoms with Gasteiger partial charge in [-0.25, -0.2) is 4.39 Å². The maximum Gasteiger partial charge on any atom is 0.197 e. The molecule has 3 heteroatoms. The molecule has 2 rings (SSSR count). The molecule has 0 bridgehead atoms.